The number of carbonyl (C=O) groups is 1. The minimum absolute atomic E-state index is 0.0448. The van der Waals surface area contributed by atoms with Crippen molar-refractivity contribution in [1.29, 1.82) is 0 Å². The van der Waals surface area contributed by atoms with Crippen LogP contribution in [0.4, 0.5) is 5.69 Å². The molecule has 1 saturated heterocycles. The number of benzene rings is 1. The van der Waals surface area contributed by atoms with Gasteiger partial charge in [0.1, 0.15) is 0 Å². The Labute approximate surface area is 143 Å². The highest BCUT2D eigenvalue weighted by molar-refractivity contribution is 5.92. The zero-order chi connectivity index (χ0) is 17.3. The van der Waals surface area contributed by atoms with Gasteiger partial charge in [-0.15, -0.1) is 0 Å². The summed E-state index contributed by atoms with van der Waals surface area (Å²) in [6.45, 7) is 10.4. The van der Waals surface area contributed by atoms with Gasteiger partial charge in [0.15, 0.2) is 5.89 Å². The molecule has 2 aromatic rings. The van der Waals surface area contributed by atoms with Crippen LogP contribution in [0, 0.1) is 13.8 Å². The third kappa shape index (κ3) is 3.03. The quantitative estimate of drug-likeness (QED) is 0.868. The highest BCUT2D eigenvalue weighted by Gasteiger charge is 2.31. The van der Waals surface area contributed by atoms with Crippen LogP contribution in [0.2, 0.25) is 0 Å². The standard InChI is InChI=1S/C19H25N3O2/c1-5-17-20-15(4)18(24-17)19(23)22-11-10-21(12-14(22)3)16-9-7-6-8-13(16)2/h6-9,14H,5,10-12H2,1-4H3/t14-/m0/s1. The normalized spacial score (nSPS) is 18.1. The van der Waals surface area contributed by atoms with E-state index < -0.39 is 0 Å². The van der Waals surface area contributed by atoms with Gasteiger partial charge in [0.25, 0.3) is 5.91 Å². The Hall–Kier alpha value is -2.30. The van der Waals surface area contributed by atoms with Crippen LogP contribution in [0.15, 0.2) is 28.7 Å². The van der Waals surface area contributed by atoms with Crippen molar-refractivity contribution in [3.63, 3.8) is 0 Å². The Bertz CT molecular complexity index is 738. The Kier molecular flexibility index (Phi) is 4.60. The summed E-state index contributed by atoms with van der Waals surface area (Å²) in [5.74, 6) is 0.974. The first kappa shape index (κ1) is 16.6. The Morgan fingerprint density at radius 3 is 2.67 bits per heavy atom. The molecule has 1 aromatic carbocycles. The van der Waals surface area contributed by atoms with E-state index in [0.717, 1.165) is 13.1 Å². The predicted molar refractivity (Wildman–Crippen MR) is 94.5 cm³/mol. The maximum atomic E-state index is 12.8. The van der Waals surface area contributed by atoms with E-state index in [1.54, 1.807) is 0 Å². The number of amides is 1. The number of hydrogen-bond acceptors (Lipinski definition) is 4. The molecular weight excluding hydrogens is 302 g/mol. The highest BCUT2D eigenvalue weighted by Crippen LogP contribution is 2.24. The summed E-state index contributed by atoms with van der Waals surface area (Å²) in [7, 11) is 0. The largest absolute Gasteiger partial charge is 0.435 e. The molecule has 1 amide bonds. The molecule has 1 aliphatic rings. The summed E-state index contributed by atoms with van der Waals surface area (Å²) in [6, 6.07) is 8.52. The lowest BCUT2D eigenvalue weighted by molar-refractivity contribution is 0.0638. The van der Waals surface area contributed by atoms with Crippen molar-refractivity contribution in [3.8, 4) is 0 Å². The van der Waals surface area contributed by atoms with Crippen molar-refractivity contribution >= 4 is 11.6 Å². The van der Waals surface area contributed by atoms with Crippen molar-refractivity contribution in [2.75, 3.05) is 24.5 Å². The van der Waals surface area contributed by atoms with Gasteiger partial charge in [0.05, 0.1) is 5.69 Å². The van der Waals surface area contributed by atoms with E-state index in [-0.39, 0.29) is 11.9 Å². The molecule has 0 bridgehead atoms. The molecule has 0 aliphatic carbocycles. The molecule has 0 unspecified atom stereocenters. The summed E-state index contributed by atoms with van der Waals surface area (Å²) in [4.78, 5) is 21.4. The molecule has 5 heteroatoms. The second kappa shape index (κ2) is 6.67. The lowest BCUT2D eigenvalue weighted by atomic mass is 10.1. The van der Waals surface area contributed by atoms with Crippen LogP contribution in [0.3, 0.4) is 0 Å². The molecule has 2 heterocycles. The van der Waals surface area contributed by atoms with Crippen LogP contribution in [-0.4, -0.2) is 41.5 Å². The highest BCUT2D eigenvalue weighted by atomic mass is 16.4. The van der Waals surface area contributed by atoms with Gasteiger partial charge in [-0.1, -0.05) is 25.1 Å². The Morgan fingerprint density at radius 1 is 1.29 bits per heavy atom. The van der Waals surface area contributed by atoms with E-state index in [2.05, 4.69) is 48.0 Å². The molecule has 5 nitrogen and oxygen atoms in total. The van der Waals surface area contributed by atoms with Crippen molar-refractivity contribution in [2.24, 2.45) is 0 Å². The molecule has 1 fully saturated rings. The van der Waals surface area contributed by atoms with Crippen molar-refractivity contribution < 1.29 is 9.21 Å². The Morgan fingerprint density at radius 2 is 2.04 bits per heavy atom. The number of rotatable bonds is 3. The molecule has 0 N–H and O–H groups in total. The minimum Gasteiger partial charge on any atom is -0.435 e. The molecule has 1 atom stereocenters. The van der Waals surface area contributed by atoms with Crippen LogP contribution >= 0.6 is 0 Å². The molecule has 128 valence electrons. The minimum atomic E-state index is -0.0448. The molecule has 0 saturated carbocycles. The molecule has 3 rings (SSSR count). The van der Waals surface area contributed by atoms with E-state index >= 15 is 0 Å². The molecular formula is C19H25N3O2. The fourth-order valence-corrected chi connectivity index (χ4v) is 3.33. The third-order valence-electron chi connectivity index (χ3n) is 4.68. The second-order valence-corrected chi connectivity index (χ2v) is 6.46. The van der Waals surface area contributed by atoms with Gasteiger partial charge in [-0.3, -0.25) is 4.79 Å². The first-order valence-electron chi connectivity index (χ1n) is 8.59. The van der Waals surface area contributed by atoms with Gasteiger partial charge in [0, 0.05) is 37.8 Å². The molecule has 0 spiro atoms. The first-order valence-corrected chi connectivity index (χ1v) is 8.59. The lowest BCUT2D eigenvalue weighted by Crippen LogP contribution is -2.54. The number of nitrogens with zero attached hydrogens (tertiary/aromatic N) is 3. The average Bonchev–Trinajstić information content (AvgIpc) is 2.95. The van der Waals surface area contributed by atoms with Gasteiger partial charge in [-0.25, -0.2) is 4.98 Å². The maximum Gasteiger partial charge on any atom is 0.291 e. The number of piperazine rings is 1. The number of hydrogen-bond donors (Lipinski definition) is 0. The molecule has 0 radical (unpaired) electrons. The first-order chi connectivity index (χ1) is 11.5. The zero-order valence-corrected chi connectivity index (χ0v) is 14.9. The van der Waals surface area contributed by atoms with Crippen molar-refractivity contribution in [3.05, 3.63) is 47.2 Å². The topological polar surface area (TPSA) is 49.6 Å². The number of para-hydroxylation sites is 1. The van der Waals surface area contributed by atoms with Crippen molar-refractivity contribution in [1.82, 2.24) is 9.88 Å². The lowest BCUT2D eigenvalue weighted by Gasteiger charge is -2.41. The summed E-state index contributed by atoms with van der Waals surface area (Å²) >= 11 is 0. The number of aromatic nitrogens is 1. The van der Waals surface area contributed by atoms with Gasteiger partial charge in [0.2, 0.25) is 5.76 Å². The molecule has 1 aromatic heterocycles. The summed E-state index contributed by atoms with van der Waals surface area (Å²) < 4.78 is 5.64. The SMILES string of the molecule is CCc1nc(C)c(C(=O)N2CCN(c3ccccc3C)C[C@@H]2C)o1. The van der Waals surface area contributed by atoms with Gasteiger partial charge >= 0.3 is 0 Å². The Balaban J connectivity index is 1.75. The van der Waals surface area contributed by atoms with E-state index in [4.69, 9.17) is 4.42 Å². The number of anilines is 1. The zero-order valence-electron chi connectivity index (χ0n) is 14.9. The van der Waals surface area contributed by atoms with Crippen LogP contribution in [-0.2, 0) is 6.42 Å². The third-order valence-corrected chi connectivity index (χ3v) is 4.68. The van der Waals surface area contributed by atoms with Crippen LogP contribution < -0.4 is 4.90 Å². The number of aryl methyl sites for hydroxylation is 3. The predicted octanol–water partition coefficient (Wildman–Crippen LogP) is 3.20. The van der Waals surface area contributed by atoms with E-state index in [1.807, 2.05) is 18.7 Å². The summed E-state index contributed by atoms with van der Waals surface area (Å²) in [6.07, 6.45) is 0.699. The van der Waals surface area contributed by atoms with Crippen LogP contribution in [0.1, 0.15) is 41.6 Å². The average molecular weight is 327 g/mol. The van der Waals surface area contributed by atoms with Crippen LogP contribution in [0.5, 0.6) is 0 Å². The van der Waals surface area contributed by atoms with Gasteiger partial charge in [-0.05, 0) is 32.4 Å². The van der Waals surface area contributed by atoms with E-state index in [0.29, 0.717) is 30.3 Å². The van der Waals surface area contributed by atoms with E-state index in [9.17, 15) is 4.79 Å². The fraction of sp³-hybridized carbons (Fsp3) is 0.474. The van der Waals surface area contributed by atoms with Crippen LogP contribution in [0.25, 0.3) is 0 Å². The number of oxazole rings is 1. The molecule has 1 aliphatic heterocycles. The van der Waals surface area contributed by atoms with Gasteiger partial charge in [-0.2, -0.15) is 0 Å². The fourth-order valence-electron chi connectivity index (χ4n) is 3.33. The monoisotopic (exact) mass is 327 g/mol. The molecule has 24 heavy (non-hydrogen) atoms. The second-order valence-electron chi connectivity index (χ2n) is 6.46. The van der Waals surface area contributed by atoms with Gasteiger partial charge < -0.3 is 14.2 Å². The van der Waals surface area contributed by atoms with Crippen molar-refractivity contribution in [2.45, 2.75) is 40.2 Å². The van der Waals surface area contributed by atoms with E-state index in [1.165, 1.54) is 11.3 Å². The maximum absolute atomic E-state index is 12.8. The smallest absolute Gasteiger partial charge is 0.291 e. The summed E-state index contributed by atoms with van der Waals surface area (Å²) in [5.41, 5.74) is 3.20. The summed E-state index contributed by atoms with van der Waals surface area (Å²) in [5, 5.41) is 0. The number of carbonyl (C=O) groups excluding carboxylic acids is 1.